The molecule has 0 aliphatic rings. The molecule has 4 aromatic rings. The normalized spacial score (nSPS) is 10.8. The van der Waals surface area contributed by atoms with E-state index in [2.05, 4.69) is 20.5 Å². The number of hydrogen-bond acceptors (Lipinski definition) is 4. The molecule has 0 saturated heterocycles. The number of nitrogens with zero attached hydrogens (tertiary/aromatic N) is 4. The van der Waals surface area contributed by atoms with Crippen molar-refractivity contribution in [3.8, 4) is 11.4 Å². The Bertz CT molecular complexity index is 1110. The third-order valence-electron chi connectivity index (χ3n) is 3.79. The van der Waals surface area contributed by atoms with Gasteiger partial charge >= 0.3 is 0 Å². The molecule has 26 heavy (non-hydrogen) atoms. The van der Waals surface area contributed by atoms with Crippen LogP contribution < -0.4 is 5.32 Å². The lowest BCUT2D eigenvalue weighted by Gasteiger charge is -2.08. The first-order valence-corrected chi connectivity index (χ1v) is 8.40. The monoisotopic (exact) mass is 383 g/mol. The zero-order valence-corrected chi connectivity index (χ0v) is 14.7. The Morgan fingerprint density at radius 3 is 2.62 bits per heavy atom. The van der Waals surface area contributed by atoms with Gasteiger partial charge in [-0.1, -0.05) is 41.4 Å². The van der Waals surface area contributed by atoms with E-state index in [0.717, 1.165) is 5.56 Å². The predicted molar refractivity (Wildman–Crippen MR) is 101 cm³/mol. The van der Waals surface area contributed by atoms with E-state index < -0.39 is 0 Å². The molecule has 2 aromatic heterocycles. The molecule has 2 heterocycles. The van der Waals surface area contributed by atoms with Gasteiger partial charge in [0.1, 0.15) is 0 Å². The van der Waals surface area contributed by atoms with Crippen molar-refractivity contribution < 1.29 is 4.79 Å². The number of benzene rings is 2. The van der Waals surface area contributed by atoms with E-state index in [4.69, 9.17) is 23.2 Å². The molecule has 128 valence electrons. The number of fused-ring (bicyclic) bond motifs is 1. The fourth-order valence-electron chi connectivity index (χ4n) is 2.51. The average molecular weight is 384 g/mol. The minimum absolute atomic E-state index is 0.284. The van der Waals surface area contributed by atoms with Crippen LogP contribution in [0.2, 0.25) is 10.0 Å². The maximum absolute atomic E-state index is 12.4. The molecule has 0 atom stereocenters. The highest BCUT2D eigenvalue weighted by atomic mass is 35.5. The van der Waals surface area contributed by atoms with Crippen LogP contribution in [0.15, 0.2) is 60.9 Å². The quantitative estimate of drug-likeness (QED) is 0.570. The van der Waals surface area contributed by atoms with E-state index in [-0.39, 0.29) is 5.91 Å². The van der Waals surface area contributed by atoms with Gasteiger partial charge in [-0.25, -0.2) is 4.98 Å². The highest BCUT2D eigenvalue weighted by Gasteiger charge is 2.12. The zero-order chi connectivity index (χ0) is 18.1. The summed E-state index contributed by atoms with van der Waals surface area (Å²) in [5.74, 6) is 0.881. The van der Waals surface area contributed by atoms with Crippen molar-refractivity contribution in [2.75, 3.05) is 5.32 Å². The van der Waals surface area contributed by atoms with E-state index >= 15 is 0 Å². The zero-order valence-electron chi connectivity index (χ0n) is 13.2. The van der Waals surface area contributed by atoms with Crippen LogP contribution in [-0.2, 0) is 0 Å². The summed E-state index contributed by atoms with van der Waals surface area (Å²) in [5.41, 5.74) is 1.77. The second-order valence-corrected chi connectivity index (χ2v) is 6.23. The molecule has 0 saturated carbocycles. The number of rotatable bonds is 3. The van der Waals surface area contributed by atoms with E-state index in [1.165, 1.54) is 0 Å². The van der Waals surface area contributed by atoms with Gasteiger partial charge in [-0.2, -0.15) is 0 Å². The van der Waals surface area contributed by atoms with Crippen molar-refractivity contribution >= 4 is 40.6 Å². The lowest BCUT2D eigenvalue weighted by Crippen LogP contribution is -2.12. The Labute approximate surface area is 158 Å². The van der Waals surface area contributed by atoms with Crippen LogP contribution in [0.1, 0.15) is 10.4 Å². The van der Waals surface area contributed by atoms with Crippen LogP contribution in [0.3, 0.4) is 0 Å². The number of carbonyl (C=O) groups is 1. The van der Waals surface area contributed by atoms with Crippen LogP contribution in [0.4, 0.5) is 5.69 Å². The topological polar surface area (TPSA) is 72.2 Å². The number of amides is 1. The van der Waals surface area contributed by atoms with Gasteiger partial charge in [-0.15, -0.1) is 10.2 Å². The summed E-state index contributed by atoms with van der Waals surface area (Å²) < 4.78 is 1.78. The highest BCUT2D eigenvalue weighted by molar-refractivity contribution is 6.44. The van der Waals surface area contributed by atoms with Gasteiger partial charge < -0.3 is 5.32 Å². The lowest BCUT2D eigenvalue weighted by molar-refractivity contribution is 0.102. The molecule has 8 heteroatoms. The van der Waals surface area contributed by atoms with E-state index in [0.29, 0.717) is 32.9 Å². The van der Waals surface area contributed by atoms with Gasteiger partial charge in [-0.05, 0) is 30.3 Å². The van der Waals surface area contributed by atoms with E-state index in [9.17, 15) is 4.79 Å². The number of anilines is 1. The third-order valence-corrected chi connectivity index (χ3v) is 4.61. The second kappa shape index (κ2) is 6.74. The van der Waals surface area contributed by atoms with Crippen molar-refractivity contribution in [2.24, 2.45) is 0 Å². The highest BCUT2D eigenvalue weighted by Crippen LogP contribution is 2.30. The Hall–Kier alpha value is -2.96. The minimum Gasteiger partial charge on any atom is -0.321 e. The molecule has 4 rings (SSSR count). The summed E-state index contributed by atoms with van der Waals surface area (Å²) in [5, 5.41) is 11.6. The summed E-state index contributed by atoms with van der Waals surface area (Å²) in [7, 11) is 0. The number of nitrogens with one attached hydrogen (secondary N) is 1. The summed E-state index contributed by atoms with van der Waals surface area (Å²) in [6.07, 6.45) is 3.49. The van der Waals surface area contributed by atoms with Crippen molar-refractivity contribution in [3.05, 3.63) is 76.5 Å². The largest absolute Gasteiger partial charge is 0.321 e. The standard InChI is InChI=1S/C18H11Cl2N5O/c19-13-3-1-4-14(15(13)20)22-17(26)12-7-5-11(6-8-12)16-23-24-18-21-9-2-10-25(16)18/h1-10H,(H,22,26). The SMILES string of the molecule is O=C(Nc1cccc(Cl)c1Cl)c1ccc(-c2nnc3ncccn23)cc1. The maximum Gasteiger partial charge on any atom is 0.255 e. The van der Waals surface area contributed by atoms with Crippen molar-refractivity contribution in [1.82, 2.24) is 19.6 Å². The molecule has 1 amide bonds. The summed E-state index contributed by atoms with van der Waals surface area (Å²) in [4.78, 5) is 16.6. The molecule has 0 radical (unpaired) electrons. The number of aromatic nitrogens is 4. The molecule has 6 nitrogen and oxygen atoms in total. The van der Waals surface area contributed by atoms with Crippen LogP contribution in [0.5, 0.6) is 0 Å². The van der Waals surface area contributed by atoms with Crippen LogP contribution >= 0.6 is 23.2 Å². The lowest BCUT2D eigenvalue weighted by atomic mass is 10.1. The molecule has 0 spiro atoms. The van der Waals surface area contributed by atoms with Crippen molar-refractivity contribution in [2.45, 2.75) is 0 Å². The van der Waals surface area contributed by atoms with Crippen molar-refractivity contribution in [3.63, 3.8) is 0 Å². The molecule has 2 aromatic carbocycles. The van der Waals surface area contributed by atoms with Crippen LogP contribution in [0.25, 0.3) is 17.2 Å². The second-order valence-electron chi connectivity index (χ2n) is 5.45. The molecular formula is C18H11Cl2N5O. The summed E-state index contributed by atoms with van der Waals surface area (Å²) in [6, 6.07) is 13.9. The summed E-state index contributed by atoms with van der Waals surface area (Å²) in [6.45, 7) is 0. The maximum atomic E-state index is 12.4. The van der Waals surface area contributed by atoms with Gasteiger partial charge in [-0.3, -0.25) is 9.20 Å². The Morgan fingerprint density at radius 1 is 1.00 bits per heavy atom. The fourth-order valence-corrected chi connectivity index (χ4v) is 2.85. The first-order chi connectivity index (χ1) is 12.6. The molecule has 0 bridgehead atoms. The smallest absolute Gasteiger partial charge is 0.255 e. The minimum atomic E-state index is -0.284. The number of hydrogen-bond donors (Lipinski definition) is 1. The number of carbonyl (C=O) groups excluding carboxylic acids is 1. The van der Waals surface area contributed by atoms with Gasteiger partial charge in [0.25, 0.3) is 11.7 Å². The molecule has 0 unspecified atom stereocenters. The number of halogens is 2. The van der Waals surface area contributed by atoms with E-state index in [1.54, 1.807) is 59.1 Å². The molecule has 1 N–H and O–H groups in total. The first kappa shape index (κ1) is 16.5. The average Bonchev–Trinajstić information content (AvgIpc) is 3.10. The van der Waals surface area contributed by atoms with Gasteiger partial charge in [0.2, 0.25) is 0 Å². The van der Waals surface area contributed by atoms with Gasteiger partial charge in [0.15, 0.2) is 5.82 Å². The Kier molecular flexibility index (Phi) is 4.28. The van der Waals surface area contributed by atoms with Crippen LogP contribution in [0, 0.1) is 0 Å². The Balaban J connectivity index is 1.59. The Morgan fingerprint density at radius 2 is 1.81 bits per heavy atom. The molecule has 0 aliphatic carbocycles. The fraction of sp³-hybridized carbons (Fsp3) is 0. The van der Waals surface area contributed by atoms with Gasteiger partial charge in [0.05, 0.1) is 15.7 Å². The van der Waals surface area contributed by atoms with Crippen molar-refractivity contribution in [1.29, 1.82) is 0 Å². The first-order valence-electron chi connectivity index (χ1n) is 7.65. The van der Waals surface area contributed by atoms with E-state index in [1.807, 2.05) is 6.20 Å². The molecule has 0 aliphatic heterocycles. The third kappa shape index (κ3) is 3.00. The summed E-state index contributed by atoms with van der Waals surface area (Å²) >= 11 is 12.1. The van der Waals surface area contributed by atoms with Crippen LogP contribution in [-0.4, -0.2) is 25.5 Å². The molecule has 0 fully saturated rings. The van der Waals surface area contributed by atoms with Gasteiger partial charge in [0, 0.05) is 23.5 Å². The molecular weight excluding hydrogens is 373 g/mol. The predicted octanol–water partition coefficient (Wildman–Crippen LogP) is 4.35.